The molecular weight excluding hydrogens is 445 g/mol. The van der Waals surface area contributed by atoms with Crippen LogP contribution in [0.2, 0.25) is 0 Å². The van der Waals surface area contributed by atoms with E-state index in [0.29, 0.717) is 0 Å². The van der Waals surface area contributed by atoms with E-state index < -0.39 is 53.7 Å². The van der Waals surface area contributed by atoms with E-state index in [-0.39, 0.29) is 28.9 Å². The minimum absolute atomic E-state index is 0.0809. The van der Waals surface area contributed by atoms with Gasteiger partial charge in [-0.1, -0.05) is 24.3 Å². The molecule has 0 aromatic heterocycles. The molecule has 1 aliphatic rings. The van der Waals surface area contributed by atoms with Crippen LogP contribution in [0.5, 0.6) is 0 Å². The standard InChI is InChI=1S/C24H22F5NO3/c1-13(2)33-23(32)22-14(3)30(12-15-8-9-19(25)20(26)10-15)21(31)11-17(22)16-6-4-5-7-18(16)24(27,28)29/h4-10,13,17H,11-12H2,1-3H3/t17-/m0/s1. The van der Waals surface area contributed by atoms with Crippen LogP contribution in [0.1, 0.15) is 49.8 Å². The zero-order chi connectivity index (χ0) is 24.5. The number of benzene rings is 2. The smallest absolute Gasteiger partial charge is 0.416 e. The van der Waals surface area contributed by atoms with E-state index in [0.717, 1.165) is 18.2 Å². The zero-order valence-corrected chi connectivity index (χ0v) is 18.2. The Morgan fingerprint density at radius 2 is 1.79 bits per heavy atom. The second kappa shape index (κ2) is 9.33. The highest BCUT2D eigenvalue weighted by atomic mass is 19.4. The Kier molecular flexibility index (Phi) is 6.90. The summed E-state index contributed by atoms with van der Waals surface area (Å²) in [4.78, 5) is 27.1. The van der Waals surface area contributed by atoms with Crippen LogP contribution in [0.25, 0.3) is 0 Å². The number of hydrogen-bond donors (Lipinski definition) is 0. The Hall–Kier alpha value is -3.23. The third-order valence-electron chi connectivity index (χ3n) is 5.35. The first kappa shape index (κ1) is 24.4. The first-order chi connectivity index (χ1) is 15.4. The maximum atomic E-state index is 13.7. The Morgan fingerprint density at radius 1 is 1.12 bits per heavy atom. The summed E-state index contributed by atoms with van der Waals surface area (Å²) in [6.07, 6.45) is -5.66. The van der Waals surface area contributed by atoms with Gasteiger partial charge in [0.2, 0.25) is 5.91 Å². The fourth-order valence-electron chi connectivity index (χ4n) is 3.89. The van der Waals surface area contributed by atoms with Crippen LogP contribution in [-0.2, 0) is 27.0 Å². The molecule has 0 aliphatic carbocycles. The van der Waals surface area contributed by atoms with Gasteiger partial charge in [0.15, 0.2) is 11.6 Å². The van der Waals surface area contributed by atoms with Gasteiger partial charge in [-0.2, -0.15) is 13.2 Å². The lowest BCUT2D eigenvalue weighted by Gasteiger charge is -2.35. The minimum Gasteiger partial charge on any atom is -0.460 e. The fourth-order valence-corrected chi connectivity index (χ4v) is 3.89. The van der Waals surface area contributed by atoms with Crippen LogP contribution in [0.4, 0.5) is 22.0 Å². The van der Waals surface area contributed by atoms with E-state index >= 15 is 0 Å². The molecule has 1 heterocycles. The number of halogens is 5. The lowest BCUT2D eigenvalue weighted by Crippen LogP contribution is -2.38. The third-order valence-corrected chi connectivity index (χ3v) is 5.35. The van der Waals surface area contributed by atoms with E-state index in [9.17, 15) is 31.5 Å². The number of allylic oxidation sites excluding steroid dienone is 1. The number of amides is 1. The average Bonchev–Trinajstić information content (AvgIpc) is 2.72. The van der Waals surface area contributed by atoms with Crippen LogP contribution in [0.15, 0.2) is 53.7 Å². The first-order valence-corrected chi connectivity index (χ1v) is 10.2. The second-order valence-corrected chi connectivity index (χ2v) is 8.02. The van der Waals surface area contributed by atoms with Gasteiger partial charge in [-0.05, 0) is 50.1 Å². The van der Waals surface area contributed by atoms with E-state index in [2.05, 4.69) is 0 Å². The van der Waals surface area contributed by atoms with Gasteiger partial charge >= 0.3 is 12.1 Å². The van der Waals surface area contributed by atoms with E-state index in [1.807, 2.05) is 0 Å². The summed E-state index contributed by atoms with van der Waals surface area (Å²) in [5.41, 5.74) is -0.876. The molecule has 3 rings (SSSR count). The van der Waals surface area contributed by atoms with Crippen molar-refractivity contribution in [1.29, 1.82) is 0 Å². The van der Waals surface area contributed by atoms with Gasteiger partial charge in [0.05, 0.1) is 23.8 Å². The van der Waals surface area contributed by atoms with E-state index in [1.165, 1.54) is 36.1 Å². The first-order valence-electron chi connectivity index (χ1n) is 10.2. The van der Waals surface area contributed by atoms with Crippen molar-refractivity contribution in [3.63, 3.8) is 0 Å². The number of carbonyl (C=O) groups is 2. The maximum absolute atomic E-state index is 13.7. The largest absolute Gasteiger partial charge is 0.460 e. The van der Waals surface area contributed by atoms with Gasteiger partial charge in [0.1, 0.15) is 0 Å². The SMILES string of the molecule is CC1=C(C(=O)OC(C)C)[C@H](c2ccccc2C(F)(F)F)CC(=O)N1Cc1ccc(F)c(F)c1. The molecule has 1 atom stereocenters. The Morgan fingerprint density at radius 3 is 2.39 bits per heavy atom. The summed E-state index contributed by atoms with van der Waals surface area (Å²) in [5, 5.41) is 0. The molecule has 0 N–H and O–H groups in total. The Balaban J connectivity index is 2.12. The van der Waals surface area contributed by atoms with E-state index in [4.69, 9.17) is 4.74 Å². The molecule has 0 saturated carbocycles. The number of esters is 1. The van der Waals surface area contributed by atoms with Crippen molar-refractivity contribution in [2.45, 2.75) is 51.9 Å². The van der Waals surface area contributed by atoms with Crippen LogP contribution in [0.3, 0.4) is 0 Å². The van der Waals surface area contributed by atoms with Crippen LogP contribution in [-0.4, -0.2) is 22.9 Å². The molecule has 1 amide bonds. The molecule has 0 radical (unpaired) electrons. The highest BCUT2D eigenvalue weighted by Gasteiger charge is 2.42. The summed E-state index contributed by atoms with van der Waals surface area (Å²) in [7, 11) is 0. The second-order valence-electron chi connectivity index (χ2n) is 8.02. The molecule has 1 aliphatic heterocycles. The number of nitrogens with zero attached hydrogens (tertiary/aromatic N) is 1. The number of alkyl halides is 3. The topological polar surface area (TPSA) is 46.6 Å². The molecule has 0 spiro atoms. The maximum Gasteiger partial charge on any atom is 0.416 e. The van der Waals surface area contributed by atoms with Gasteiger partial charge < -0.3 is 9.64 Å². The highest BCUT2D eigenvalue weighted by Crippen LogP contribution is 2.43. The number of ether oxygens (including phenoxy) is 1. The van der Waals surface area contributed by atoms with Crippen molar-refractivity contribution in [2.24, 2.45) is 0 Å². The summed E-state index contributed by atoms with van der Waals surface area (Å²) in [6, 6.07) is 7.89. The molecule has 0 fully saturated rings. The molecular formula is C24H22F5NO3. The van der Waals surface area contributed by atoms with Crippen LogP contribution >= 0.6 is 0 Å². The van der Waals surface area contributed by atoms with Crippen molar-refractivity contribution < 1.29 is 36.3 Å². The summed E-state index contributed by atoms with van der Waals surface area (Å²) in [6.45, 7) is 4.43. The van der Waals surface area contributed by atoms with Crippen molar-refractivity contribution in [1.82, 2.24) is 4.90 Å². The van der Waals surface area contributed by atoms with Gasteiger partial charge in [-0.15, -0.1) is 0 Å². The normalized spacial score (nSPS) is 17.1. The molecule has 9 heteroatoms. The predicted molar refractivity (Wildman–Crippen MR) is 110 cm³/mol. The minimum atomic E-state index is -4.69. The number of rotatable bonds is 5. The van der Waals surface area contributed by atoms with E-state index in [1.54, 1.807) is 13.8 Å². The van der Waals surface area contributed by atoms with Gasteiger partial charge in [-0.3, -0.25) is 4.79 Å². The van der Waals surface area contributed by atoms with Gasteiger partial charge in [-0.25, -0.2) is 13.6 Å². The molecule has 0 bridgehead atoms. The van der Waals surface area contributed by atoms with Crippen molar-refractivity contribution in [3.05, 3.63) is 82.1 Å². The van der Waals surface area contributed by atoms with Crippen LogP contribution < -0.4 is 0 Å². The number of carbonyl (C=O) groups excluding carboxylic acids is 2. The predicted octanol–water partition coefficient (Wildman–Crippen LogP) is 5.73. The summed E-state index contributed by atoms with van der Waals surface area (Å²) < 4.78 is 73.2. The van der Waals surface area contributed by atoms with Crippen LogP contribution in [0, 0.1) is 11.6 Å². The van der Waals surface area contributed by atoms with Crippen molar-refractivity contribution >= 4 is 11.9 Å². The fraction of sp³-hybridized carbons (Fsp3) is 0.333. The molecule has 4 nitrogen and oxygen atoms in total. The quantitative estimate of drug-likeness (QED) is 0.417. The van der Waals surface area contributed by atoms with Gasteiger partial charge in [0.25, 0.3) is 0 Å². The third kappa shape index (κ3) is 5.23. The summed E-state index contributed by atoms with van der Waals surface area (Å²) >= 11 is 0. The summed E-state index contributed by atoms with van der Waals surface area (Å²) in [5.74, 6) is -4.73. The Labute approximate surface area is 187 Å². The highest BCUT2D eigenvalue weighted by molar-refractivity contribution is 5.96. The lowest BCUT2D eigenvalue weighted by molar-refractivity contribution is -0.145. The molecule has 176 valence electrons. The average molecular weight is 467 g/mol. The van der Waals surface area contributed by atoms with Crippen molar-refractivity contribution in [2.75, 3.05) is 0 Å². The van der Waals surface area contributed by atoms with Gasteiger partial charge in [0, 0.05) is 18.0 Å². The molecule has 2 aromatic carbocycles. The lowest BCUT2D eigenvalue weighted by atomic mass is 9.81. The molecule has 0 saturated heterocycles. The molecule has 33 heavy (non-hydrogen) atoms. The monoisotopic (exact) mass is 467 g/mol. The number of hydrogen-bond acceptors (Lipinski definition) is 3. The van der Waals surface area contributed by atoms with Crippen molar-refractivity contribution in [3.8, 4) is 0 Å². The zero-order valence-electron chi connectivity index (χ0n) is 18.2. The molecule has 0 unspecified atom stereocenters. The molecule has 2 aromatic rings. The Bertz CT molecular complexity index is 1110.